The molecule has 3 heterocycles. The molecule has 2 atom stereocenters. The van der Waals surface area contributed by atoms with E-state index in [1.165, 1.54) is 17.7 Å². The van der Waals surface area contributed by atoms with Gasteiger partial charge in [-0.1, -0.05) is 12.1 Å². The van der Waals surface area contributed by atoms with Crippen LogP contribution in [0.15, 0.2) is 42.5 Å². The van der Waals surface area contributed by atoms with Crippen LogP contribution in [-0.4, -0.2) is 63.1 Å². The summed E-state index contributed by atoms with van der Waals surface area (Å²) in [4.78, 5) is 34.4. The smallest absolute Gasteiger partial charge is 0.328 e. The Hall–Kier alpha value is -3.52. The SMILES string of the molecule is CCOc1ccc2[nH]c3c(c2c1)C[C@@]1(C)C(=O)N(CCCNC2CC2)C(=O)N1[C@@H]3c1cccc(O)c1. The fourth-order valence-electron chi connectivity index (χ4n) is 5.82. The van der Waals surface area contributed by atoms with Crippen molar-refractivity contribution < 1.29 is 19.4 Å². The number of aromatic amines is 1. The summed E-state index contributed by atoms with van der Waals surface area (Å²) in [5.41, 5.74) is 2.55. The summed E-state index contributed by atoms with van der Waals surface area (Å²) < 4.78 is 5.75. The predicted molar refractivity (Wildman–Crippen MR) is 136 cm³/mol. The molecule has 0 unspecified atom stereocenters. The minimum Gasteiger partial charge on any atom is -0.508 e. The maximum atomic E-state index is 13.9. The van der Waals surface area contributed by atoms with Gasteiger partial charge in [0.25, 0.3) is 5.91 Å². The normalized spacial score (nSPS) is 23.3. The Kier molecular flexibility index (Phi) is 5.44. The summed E-state index contributed by atoms with van der Waals surface area (Å²) in [6.45, 7) is 5.57. The van der Waals surface area contributed by atoms with Crippen LogP contribution >= 0.6 is 0 Å². The van der Waals surface area contributed by atoms with Gasteiger partial charge >= 0.3 is 6.03 Å². The Balaban J connectivity index is 1.43. The fraction of sp³-hybridized carbons (Fsp3) is 0.429. The van der Waals surface area contributed by atoms with Gasteiger partial charge in [-0.3, -0.25) is 14.6 Å². The van der Waals surface area contributed by atoms with E-state index in [1.807, 2.05) is 38.1 Å². The van der Waals surface area contributed by atoms with Crippen LogP contribution in [0.3, 0.4) is 0 Å². The minimum absolute atomic E-state index is 0.122. The van der Waals surface area contributed by atoms with Crippen LogP contribution in [0.4, 0.5) is 4.79 Å². The highest BCUT2D eigenvalue weighted by atomic mass is 16.5. The molecule has 188 valence electrons. The lowest BCUT2D eigenvalue weighted by Gasteiger charge is -2.42. The highest BCUT2D eigenvalue weighted by Gasteiger charge is 2.60. The maximum absolute atomic E-state index is 13.9. The molecule has 0 radical (unpaired) electrons. The molecule has 1 aromatic heterocycles. The molecule has 1 saturated heterocycles. The molecule has 36 heavy (non-hydrogen) atoms. The molecule has 3 amide bonds. The summed E-state index contributed by atoms with van der Waals surface area (Å²) in [7, 11) is 0. The Morgan fingerprint density at radius 3 is 2.78 bits per heavy atom. The number of carbonyl (C=O) groups is 2. The minimum atomic E-state index is -1.03. The molecule has 2 aromatic carbocycles. The molecular weight excluding hydrogens is 456 g/mol. The zero-order chi connectivity index (χ0) is 25.0. The maximum Gasteiger partial charge on any atom is 0.328 e. The van der Waals surface area contributed by atoms with Crippen LogP contribution in [0.1, 0.15) is 56.0 Å². The van der Waals surface area contributed by atoms with Gasteiger partial charge in [0.15, 0.2) is 0 Å². The first-order valence-electron chi connectivity index (χ1n) is 12.9. The average Bonchev–Trinajstić information content (AvgIpc) is 3.59. The number of fused-ring (bicyclic) bond motifs is 4. The number of nitrogens with zero attached hydrogens (tertiary/aromatic N) is 2. The van der Waals surface area contributed by atoms with Gasteiger partial charge in [-0.25, -0.2) is 4.79 Å². The van der Waals surface area contributed by atoms with E-state index in [9.17, 15) is 14.7 Å². The number of hydrogen-bond acceptors (Lipinski definition) is 5. The van der Waals surface area contributed by atoms with E-state index >= 15 is 0 Å². The highest BCUT2D eigenvalue weighted by Crippen LogP contribution is 2.49. The first-order chi connectivity index (χ1) is 17.4. The molecule has 8 heteroatoms. The molecule has 0 spiro atoms. The number of benzene rings is 2. The van der Waals surface area contributed by atoms with Gasteiger partial charge in [0.2, 0.25) is 0 Å². The number of phenols is 1. The zero-order valence-electron chi connectivity index (χ0n) is 20.7. The number of ether oxygens (including phenoxy) is 1. The summed E-state index contributed by atoms with van der Waals surface area (Å²) in [6, 6.07) is 12.7. The predicted octanol–water partition coefficient (Wildman–Crippen LogP) is 4.08. The summed E-state index contributed by atoms with van der Waals surface area (Å²) >= 11 is 0. The molecule has 8 nitrogen and oxygen atoms in total. The van der Waals surface area contributed by atoms with E-state index < -0.39 is 11.6 Å². The van der Waals surface area contributed by atoms with Crippen molar-refractivity contribution in [3.8, 4) is 11.5 Å². The van der Waals surface area contributed by atoms with Crippen LogP contribution < -0.4 is 10.1 Å². The summed E-state index contributed by atoms with van der Waals surface area (Å²) in [6.07, 6.45) is 3.54. The number of urea groups is 1. The first kappa shape index (κ1) is 22.9. The van der Waals surface area contributed by atoms with Gasteiger partial charge in [0.05, 0.1) is 6.61 Å². The van der Waals surface area contributed by atoms with Crippen LogP contribution in [0.2, 0.25) is 0 Å². The summed E-state index contributed by atoms with van der Waals surface area (Å²) in [5, 5.41) is 14.7. The molecular formula is C28H32N4O4. The Labute approximate surface area is 210 Å². The number of amides is 3. The van der Waals surface area contributed by atoms with Gasteiger partial charge in [0.1, 0.15) is 23.1 Å². The van der Waals surface area contributed by atoms with Crippen LogP contribution in [-0.2, 0) is 11.2 Å². The van der Waals surface area contributed by atoms with Crippen LogP contribution in [0.5, 0.6) is 11.5 Å². The molecule has 2 aliphatic heterocycles. The standard InChI is InChI=1S/C28H32N4O4/c1-3-36-20-10-11-23-21(15-20)22-16-28(2)26(34)31(13-5-12-29-18-8-9-18)27(35)32(28)25(24(22)30-23)17-6-4-7-19(33)14-17/h4,6-7,10-11,14-15,18,25,29-30,33H,3,5,8-9,12-13,16H2,1-2H3/t25-,28+/m1/s1. The van der Waals surface area contributed by atoms with Crippen molar-refractivity contribution in [2.24, 2.45) is 0 Å². The molecule has 6 rings (SSSR count). The second kappa shape index (κ2) is 8.55. The van der Waals surface area contributed by atoms with Gasteiger partial charge < -0.3 is 20.1 Å². The molecule has 1 saturated carbocycles. The van der Waals surface area contributed by atoms with Crippen molar-refractivity contribution in [3.63, 3.8) is 0 Å². The Morgan fingerprint density at radius 2 is 2.03 bits per heavy atom. The van der Waals surface area contributed by atoms with E-state index in [0.717, 1.165) is 46.4 Å². The Bertz CT molecular complexity index is 1350. The van der Waals surface area contributed by atoms with E-state index in [2.05, 4.69) is 10.3 Å². The monoisotopic (exact) mass is 488 g/mol. The van der Waals surface area contributed by atoms with Gasteiger partial charge in [-0.2, -0.15) is 0 Å². The van der Waals surface area contributed by atoms with Gasteiger partial charge in [0, 0.05) is 35.6 Å². The molecule has 1 aliphatic carbocycles. The molecule has 2 fully saturated rings. The number of nitrogens with one attached hydrogen (secondary N) is 2. The van der Waals surface area contributed by atoms with Crippen molar-refractivity contribution >= 4 is 22.8 Å². The van der Waals surface area contributed by atoms with Crippen molar-refractivity contribution in [1.82, 2.24) is 20.1 Å². The summed E-state index contributed by atoms with van der Waals surface area (Å²) in [5.74, 6) is 0.731. The molecule has 3 aliphatic rings. The van der Waals surface area contributed by atoms with E-state index in [0.29, 0.717) is 25.6 Å². The lowest BCUT2D eigenvalue weighted by molar-refractivity contribution is -0.133. The third-order valence-corrected chi connectivity index (χ3v) is 7.70. The number of H-pyrrole nitrogens is 1. The van der Waals surface area contributed by atoms with Crippen molar-refractivity contribution in [2.45, 2.75) is 57.2 Å². The topological polar surface area (TPSA) is 97.9 Å². The third kappa shape index (κ3) is 3.63. The quantitative estimate of drug-likeness (QED) is 0.328. The fourth-order valence-corrected chi connectivity index (χ4v) is 5.82. The zero-order valence-corrected chi connectivity index (χ0v) is 20.7. The largest absolute Gasteiger partial charge is 0.508 e. The lowest BCUT2D eigenvalue weighted by Crippen LogP contribution is -2.53. The average molecular weight is 489 g/mol. The number of carbonyl (C=O) groups excluding carboxylic acids is 2. The second-order valence-electron chi connectivity index (χ2n) is 10.3. The van der Waals surface area contributed by atoms with E-state index in [1.54, 1.807) is 23.1 Å². The number of aromatic hydroxyl groups is 1. The van der Waals surface area contributed by atoms with E-state index in [4.69, 9.17) is 4.74 Å². The molecule has 0 bridgehead atoms. The number of rotatable bonds is 8. The van der Waals surface area contributed by atoms with Crippen molar-refractivity contribution in [1.29, 1.82) is 0 Å². The van der Waals surface area contributed by atoms with Gasteiger partial charge in [-0.15, -0.1) is 0 Å². The van der Waals surface area contributed by atoms with E-state index in [-0.39, 0.29) is 17.7 Å². The molecule has 3 aromatic rings. The van der Waals surface area contributed by atoms with Gasteiger partial charge in [-0.05, 0) is 81.1 Å². The number of imide groups is 1. The Morgan fingerprint density at radius 1 is 1.19 bits per heavy atom. The molecule has 3 N–H and O–H groups in total. The van der Waals surface area contributed by atoms with Crippen molar-refractivity contribution in [2.75, 3.05) is 19.7 Å². The number of hydrogen-bond donors (Lipinski definition) is 3. The van der Waals surface area contributed by atoms with Crippen molar-refractivity contribution in [3.05, 3.63) is 59.3 Å². The van der Waals surface area contributed by atoms with Crippen LogP contribution in [0, 0.1) is 0 Å². The first-order valence-corrected chi connectivity index (χ1v) is 12.9. The lowest BCUT2D eigenvalue weighted by atomic mass is 9.81. The third-order valence-electron chi connectivity index (χ3n) is 7.70. The highest BCUT2D eigenvalue weighted by molar-refractivity contribution is 6.08. The number of aromatic nitrogens is 1. The second-order valence-corrected chi connectivity index (χ2v) is 10.3. The number of phenolic OH excluding ortho intramolecular Hbond substituents is 1. The van der Waals surface area contributed by atoms with Crippen LogP contribution in [0.25, 0.3) is 10.9 Å².